The van der Waals surface area contributed by atoms with E-state index < -0.39 is 22.2 Å². The minimum Gasteiger partial charge on any atom is -0.475 e. The van der Waals surface area contributed by atoms with E-state index in [2.05, 4.69) is 21.2 Å². The molecule has 198 valence electrons. The van der Waals surface area contributed by atoms with E-state index in [1.165, 1.54) is 4.31 Å². The Labute approximate surface area is 216 Å². The second kappa shape index (κ2) is 13.2. The van der Waals surface area contributed by atoms with Gasteiger partial charge < -0.3 is 15.3 Å². The van der Waals surface area contributed by atoms with Crippen molar-refractivity contribution in [3.63, 3.8) is 0 Å². The number of aliphatic carboxylic acids is 1. The highest BCUT2D eigenvalue weighted by molar-refractivity contribution is 9.10. The molecule has 13 heteroatoms. The molecule has 1 saturated heterocycles. The Balaban J connectivity index is 0.000000572. The summed E-state index contributed by atoms with van der Waals surface area (Å²) in [6.07, 6.45) is -4.92. The quantitative estimate of drug-likeness (QED) is 0.509. The largest absolute Gasteiger partial charge is 0.490 e. The molecule has 1 aliphatic rings. The monoisotopic (exact) mass is 593 g/mol. The first kappa shape index (κ1) is 29.7. The molecule has 1 aliphatic heterocycles. The molecule has 0 atom stereocenters. The number of rotatable bonds is 7. The number of piperazine rings is 1. The van der Waals surface area contributed by atoms with Gasteiger partial charge in [0, 0.05) is 50.2 Å². The second-order valence-electron chi connectivity index (χ2n) is 7.97. The number of benzene rings is 2. The number of nitrogens with zero attached hydrogens (tertiary/aromatic N) is 2. The van der Waals surface area contributed by atoms with Crippen molar-refractivity contribution in [2.75, 3.05) is 32.7 Å². The molecule has 0 bridgehead atoms. The molecule has 1 amide bonds. The van der Waals surface area contributed by atoms with Crippen molar-refractivity contribution in [1.82, 2.24) is 14.5 Å². The number of carbonyl (C=O) groups is 2. The van der Waals surface area contributed by atoms with Crippen LogP contribution in [0.2, 0.25) is 0 Å². The number of alkyl halides is 3. The van der Waals surface area contributed by atoms with Gasteiger partial charge in [-0.2, -0.15) is 17.5 Å². The van der Waals surface area contributed by atoms with Crippen LogP contribution in [-0.2, 0) is 26.2 Å². The highest BCUT2D eigenvalue weighted by atomic mass is 79.9. The molecule has 3 rings (SSSR count). The zero-order chi connectivity index (χ0) is 26.9. The van der Waals surface area contributed by atoms with Gasteiger partial charge in [-0.15, -0.1) is 0 Å². The lowest BCUT2D eigenvalue weighted by molar-refractivity contribution is -0.192. The lowest BCUT2D eigenvalue weighted by Gasteiger charge is -2.29. The van der Waals surface area contributed by atoms with Gasteiger partial charge >= 0.3 is 12.1 Å². The SMILES string of the molecule is Cc1cccc(CN(CCC(=O)N2CCNCC2)S(=O)(=O)c2ccc(Br)cc2)c1.O=C(O)C(F)(F)F. The number of hydrogen-bond acceptors (Lipinski definition) is 5. The van der Waals surface area contributed by atoms with Crippen molar-refractivity contribution < 1.29 is 36.3 Å². The van der Waals surface area contributed by atoms with Crippen molar-refractivity contribution in [3.05, 3.63) is 64.1 Å². The predicted molar refractivity (Wildman–Crippen MR) is 131 cm³/mol. The Morgan fingerprint density at radius 3 is 2.22 bits per heavy atom. The fourth-order valence-electron chi connectivity index (χ4n) is 3.35. The maximum absolute atomic E-state index is 13.3. The molecule has 2 aromatic rings. The van der Waals surface area contributed by atoms with Crippen LogP contribution in [-0.4, -0.2) is 73.5 Å². The van der Waals surface area contributed by atoms with Crippen LogP contribution in [0.3, 0.4) is 0 Å². The van der Waals surface area contributed by atoms with Gasteiger partial charge in [0.1, 0.15) is 0 Å². The molecule has 1 heterocycles. The molecule has 0 radical (unpaired) electrons. The molecule has 2 aromatic carbocycles. The predicted octanol–water partition coefficient (Wildman–Crippen LogP) is 3.40. The molecular weight excluding hydrogens is 567 g/mol. The molecule has 1 fully saturated rings. The minimum absolute atomic E-state index is 0.00764. The van der Waals surface area contributed by atoms with E-state index in [4.69, 9.17) is 9.90 Å². The second-order valence-corrected chi connectivity index (χ2v) is 10.8. The Morgan fingerprint density at radius 1 is 1.11 bits per heavy atom. The zero-order valence-corrected chi connectivity index (χ0v) is 21.9. The number of nitrogens with one attached hydrogen (secondary N) is 1. The number of sulfonamides is 1. The fraction of sp³-hybridized carbons (Fsp3) is 0.391. The maximum Gasteiger partial charge on any atom is 0.490 e. The average molecular weight is 594 g/mol. The van der Waals surface area contributed by atoms with E-state index in [-0.39, 0.29) is 30.3 Å². The van der Waals surface area contributed by atoms with E-state index in [1.54, 1.807) is 29.2 Å². The van der Waals surface area contributed by atoms with Crippen LogP contribution in [0.5, 0.6) is 0 Å². The van der Waals surface area contributed by atoms with Crippen molar-refractivity contribution in [1.29, 1.82) is 0 Å². The van der Waals surface area contributed by atoms with Gasteiger partial charge in [-0.3, -0.25) is 4.79 Å². The van der Waals surface area contributed by atoms with Gasteiger partial charge in [-0.25, -0.2) is 13.2 Å². The average Bonchev–Trinajstić information content (AvgIpc) is 2.82. The summed E-state index contributed by atoms with van der Waals surface area (Å²) in [6.45, 7) is 5.23. The number of hydrogen-bond donors (Lipinski definition) is 2. The number of carbonyl (C=O) groups excluding carboxylic acids is 1. The van der Waals surface area contributed by atoms with Crippen LogP contribution in [0, 0.1) is 6.92 Å². The van der Waals surface area contributed by atoms with Gasteiger partial charge in [0.2, 0.25) is 15.9 Å². The van der Waals surface area contributed by atoms with Gasteiger partial charge in [0.25, 0.3) is 0 Å². The van der Waals surface area contributed by atoms with E-state index in [0.717, 1.165) is 28.7 Å². The Bertz CT molecular complexity index is 1140. The summed E-state index contributed by atoms with van der Waals surface area (Å²) in [4.78, 5) is 23.5. The van der Waals surface area contributed by atoms with E-state index in [0.29, 0.717) is 13.1 Å². The fourth-order valence-corrected chi connectivity index (χ4v) is 5.04. The van der Waals surface area contributed by atoms with Crippen molar-refractivity contribution in [3.8, 4) is 0 Å². The first-order valence-corrected chi connectivity index (χ1v) is 13.1. The summed E-state index contributed by atoms with van der Waals surface area (Å²) in [7, 11) is -3.73. The van der Waals surface area contributed by atoms with Crippen LogP contribution in [0.15, 0.2) is 57.9 Å². The smallest absolute Gasteiger partial charge is 0.475 e. The molecular formula is C23H27BrF3N3O5S. The summed E-state index contributed by atoms with van der Waals surface area (Å²) in [5.74, 6) is -2.76. The third kappa shape index (κ3) is 9.19. The number of carboxylic acids is 1. The van der Waals surface area contributed by atoms with Crippen LogP contribution in [0.1, 0.15) is 17.5 Å². The molecule has 2 N–H and O–H groups in total. The Kier molecular flexibility index (Phi) is 10.9. The molecule has 0 aromatic heterocycles. The van der Waals surface area contributed by atoms with Crippen molar-refractivity contribution in [2.24, 2.45) is 0 Å². The summed E-state index contributed by atoms with van der Waals surface area (Å²) >= 11 is 3.34. The molecule has 36 heavy (non-hydrogen) atoms. The third-order valence-corrected chi connectivity index (χ3v) is 7.57. The van der Waals surface area contributed by atoms with Crippen LogP contribution >= 0.6 is 15.9 Å². The minimum atomic E-state index is -5.08. The number of aryl methyl sites for hydroxylation is 1. The summed E-state index contributed by atoms with van der Waals surface area (Å²) in [5.41, 5.74) is 1.97. The van der Waals surface area contributed by atoms with Gasteiger partial charge in [0.05, 0.1) is 4.90 Å². The van der Waals surface area contributed by atoms with Crippen molar-refractivity contribution in [2.45, 2.75) is 31.0 Å². The van der Waals surface area contributed by atoms with Gasteiger partial charge in [-0.05, 0) is 36.8 Å². The lowest BCUT2D eigenvalue weighted by atomic mass is 10.1. The Morgan fingerprint density at radius 2 is 1.69 bits per heavy atom. The van der Waals surface area contributed by atoms with Crippen molar-refractivity contribution >= 4 is 37.8 Å². The molecule has 0 saturated carbocycles. The Hall–Kier alpha value is -2.48. The summed E-state index contributed by atoms with van der Waals surface area (Å²) < 4.78 is 60.6. The van der Waals surface area contributed by atoms with E-state index in [9.17, 15) is 26.4 Å². The lowest BCUT2D eigenvalue weighted by Crippen LogP contribution is -2.47. The van der Waals surface area contributed by atoms with Crippen LogP contribution in [0.4, 0.5) is 13.2 Å². The normalized spacial score (nSPS) is 14.2. The van der Waals surface area contributed by atoms with E-state index in [1.807, 2.05) is 31.2 Å². The maximum atomic E-state index is 13.3. The number of halogens is 4. The van der Waals surface area contributed by atoms with Gasteiger partial charge in [0.15, 0.2) is 0 Å². The first-order valence-electron chi connectivity index (χ1n) is 10.9. The molecule has 8 nitrogen and oxygen atoms in total. The molecule has 0 spiro atoms. The summed E-state index contributed by atoms with van der Waals surface area (Å²) in [5, 5.41) is 10.3. The number of amides is 1. The topological polar surface area (TPSA) is 107 Å². The highest BCUT2D eigenvalue weighted by Crippen LogP contribution is 2.22. The molecule has 0 unspecified atom stereocenters. The van der Waals surface area contributed by atoms with E-state index >= 15 is 0 Å². The zero-order valence-electron chi connectivity index (χ0n) is 19.5. The highest BCUT2D eigenvalue weighted by Gasteiger charge is 2.38. The van der Waals surface area contributed by atoms with Gasteiger partial charge in [-0.1, -0.05) is 45.8 Å². The molecule has 0 aliphatic carbocycles. The number of carboxylic acid groups (broad SMARTS) is 1. The third-order valence-electron chi connectivity index (χ3n) is 5.18. The van der Waals surface area contributed by atoms with Crippen LogP contribution in [0.25, 0.3) is 0 Å². The first-order chi connectivity index (χ1) is 16.8. The van der Waals surface area contributed by atoms with Crippen LogP contribution < -0.4 is 5.32 Å². The summed E-state index contributed by atoms with van der Waals surface area (Å²) in [6, 6.07) is 14.4. The standard InChI is InChI=1S/C21H26BrN3O3S.C2HF3O2/c1-17-3-2-4-18(15-17)16-25(12-9-21(26)24-13-10-23-11-14-24)29(27,28)20-7-5-19(22)6-8-20;3-2(4,5)1(6)7/h2-8,15,23H,9-14,16H2,1H3;(H,6,7).